The number of nitro groups is 1. The van der Waals surface area contributed by atoms with Crippen molar-refractivity contribution in [2.75, 3.05) is 13.1 Å². The van der Waals surface area contributed by atoms with Gasteiger partial charge >= 0.3 is 5.69 Å². The van der Waals surface area contributed by atoms with Crippen LogP contribution < -0.4 is 10.1 Å². The molecule has 180 valence electrons. The SMILES string of the molecule is O=COC(CC1CCNCC1)c1cccc(Oc2ccc(C(=O)c3ccccc3)cc2)c1[N+](=O)[O-]. The number of hydrogen-bond donors (Lipinski definition) is 1. The first-order valence-electron chi connectivity index (χ1n) is 11.5. The number of ether oxygens (including phenoxy) is 2. The fraction of sp³-hybridized carbons (Fsp3) is 0.259. The van der Waals surface area contributed by atoms with E-state index in [-0.39, 0.29) is 17.2 Å². The van der Waals surface area contributed by atoms with Gasteiger partial charge in [0, 0.05) is 11.1 Å². The molecule has 1 atom stereocenters. The van der Waals surface area contributed by atoms with Crippen LogP contribution in [-0.2, 0) is 9.53 Å². The van der Waals surface area contributed by atoms with Crippen LogP contribution in [0, 0.1) is 16.0 Å². The van der Waals surface area contributed by atoms with E-state index >= 15 is 0 Å². The smallest absolute Gasteiger partial charge is 0.318 e. The summed E-state index contributed by atoms with van der Waals surface area (Å²) in [7, 11) is 0. The van der Waals surface area contributed by atoms with Gasteiger partial charge < -0.3 is 14.8 Å². The molecule has 0 amide bonds. The van der Waals surface area contributed by atoms with Gasteiger partial charge in [-0.1, -0.05) is 36.4 Å². The summed E-state index contributed by atoms with van der Waals surface area (Å²) in [5.74, 6) is 0.553. The molecule has 0 aromatic heterocycles. The number of piperidine rings is 1. The van der Waals surface area contributed by atoms with Gasteiger partial charge in [-0.2, -0.15) is 0 Å². The van der Waals surface area contributed by atoms with E-state index in [1.54, 1.807) is 60.7 Å². The van der Waals surface area contributed by atoms with Gasteiger partial charge in [-0.05, 0) is 74.7 Å². The Morgan fingerprint density at radius 1 is 1.00 bits per heavy atom. The Bertz CT molecular complexity index is 1170. The van der Waals surface area contributed by atoms with Crippen molar-refractivity contribution in [3.8, 4) is 11.5 Å². The molecule has 0 bridgehead atoms. The van der Waals surface area contributed by atoms with E-state index in [4.69, 9.17) is 9.47 Å². The Kier molecular flexibility index (Phi) is 7.84. The largest absolute Gasteiger partial charge is 0.459 e. The van der Waals surface area contributed by atoms with Crippen molar-refractivity contribution in [2.45, 2.75) is 25.4 Å². The molecule has 0 radical (unpaired) electrons. The highest BCUT2D eigenvalue weighted by atomic mass is 16.6. The molecule has 1 fully saturated rings. The zero-order valence-electron chi connectivity index (χ0n) is 19.1. The average Bonchev–Trinajstić information content (AvgIpc) is 2.89. The molecule has 0 aliphatic carbocycles. The van der Waals surface area contributed by atoms with Crippen LogP contribution in [-0.4, -0.2) is 30.3 Å². The van der Waals surface area contributed by atoms with Gasteiger partial charge in [-0.3, -0.25) is 19.7 Å². The summed E-state index contributed by atoms with van der Waals surface area (Å²) in [5.41, 5.74) is 1.11. The number of ketones is 1. The van der Waals surface area contributed by atoms with Crippen LogP contribution in [0.25, 0.3) is 0 Å². The zero-order chi connectivity index (χ0) is 24.6. The van der Waals surface area contributed by atoms with Crippen molar-refractivity contribution >= 4 is 17.9 Å². The first kappa shape index (κ1) is 24.1. The van der Waals surface area contributed by atoms with Crippen LogP contribution in [0.4, 0.5) is 5.69 Å². The van der Waals surface area contributed by atoms with E-state index in [0.29, 0.717) is 41.3 Å². The van der Waals surface area contributed by atoms with Crippen LogP contribution in [0.5, 0.6) is 11.5 Å². The third-order valence-corrected chi connectivity index (χ3v) is 6.17. The van der Waals surface area contributed by atoms with Gasteiger partial charge in [0.05, 0.1) is 10.5 Å². The minimum Gasteiger partial charge on any atom is -0.459 e. The average molecular weight is 475 g/mol. The second-order valence-corrected chi connectivity index (χ2v) is 8.42. The van der Waals surface area contributed by atoms with Crippen LogP contribution in [0.3, 0.4) is 0 Å². The molecule has 3 aromatic rings. The molecular formula is C27H26N2O6. The van der Waals surface area contributed by atoms with E-state index in [9.17, 15) is 19.7 Å². The summed E-state index contributed by atoms with van der Waals surface area (Å²) in [5, 5.41) is 15.3. The summed E-state index contributed by atoms with van der Waals surface area (Å²) in [4.78, 5) is 35.4. The first-order chi connectivity index (χ1) is 17.1. The van der Waals surface area contributed by atoms with Crippen LogP contribution in [0.1, 0.15) is 46.9 Å². The van der Waals surface area contributed by atoms with E-state index < -0.39 is 11.0 Å². The third-order valence-electron chi connectivity index (χ3n) is 6.17. The molecule has 35 heavy (non-hydrogen) atoms. The van der Waals surface area contributed by atoms with E-state index in [2.05, 4.69) is 5.32 Å². The van der Waals surface area contributed by atoms with Gasteiger partial charge in [0.2, 0.25) is 5.75 Å². The number of benzene rings is 3. The quantitative estimate of drug-likeness (QED) is 0.186. The number of nitrogens with zero attached hydrogens (tertiary/aromatic N) is 1. The van der Waals surface area contributed by atoms with Crippen LogP contribution >= 0.6 is 0 Å². The standard InChI is InChI=1S/C27H26N2O6/c30-18-34-25(17-19-13-15-28-16-14-19)23-7-4-8-24(26(23)29(32)33)35-22-11-9-21(10-12-22)27(31)20-5-2-1-3-6-20/h1-12,18-19,25,28H,13-17H2. The molecule has 1 aliphatic rings. The molecule has 0 saturated carbocycles. The Labute approximate surface area is 203 Å². The summed E-state index contributed by atoms with van der Waals surface area (Å²) >= 11 is 0. The second kappa shape index (κ2) is 11.4. The Morgan fingerprint density at radius 3 is 2.34 bits per heavy atom. The minimum absolute atomic E-state index is 0.0412. The lowest BCUT2D eigenvalue weighted by Crippen LogP contribution is -2.29. The summed E-state index contributed by atoms with van der Waals surface area (Å²) < 4.78 is 11.2. The molecule has 4 rings (SSSR count). The highest BCUT2D eigenvalue weighted by Gasteiger charge is 2.30. The van der Waals surface area contributed by atoms with Crippen molar-refractivity contribution in [2.24, 2.45) is 5.92 Å². The van der Waals surface area contributed by atoms with Crippen LogP contribution in [0.15, 0.2) is 72.8 Å². The highest BCUT2D eigenvalue weighted by molar-refractivity contribution is 6.08. The molecule has 1 heterocycles. The molecule has 1 aliphatic heterocycles. The maximum absolute atomic E-state index is 12.6. The Balaban J connectivity index is 1.58. The normalized spacial score (nSPS) is 14.6. The van der Waals surface area contributed by atoms with Crippen LogP contribution in [0.2, 0.25) is 0 Å². The number of nitro benzene ring substituents is 1. The van der Waals surface area contributed by atoms with Gasteiger partial charge in [0.1, 0.15) is 11.9 Å². The van der Waals surface area contributed by atoms with Gasteiger partial charge in [-0.25, -0.2) is 0 Å². The van der Waals surface area contributed by atoms with Crippen molar-refractivity contribution in [1.82, 2.24) is 5.32 Å². The summed E-state index contributed by atoms with van der Waals surface area (Å²) in [6.45, 7) is 2.07. The predicted molar refractivity (Wildman–Crippen MR) is 130 cm³/mol. The lowest BCUT2D eigenvalue weighted by Gasteiger charge is -2.26. The molecule has 3 aromatic carbocycles. The molecule has 8 heteroatoms. The zero-order valence-corrected chi connectivity index (χ0v) is 19.1. The number of nitrogens with one attached hydrogen (secondary N) is 1. The fourth-order valence-electron chi connectivity index (χ4n) is 4.38. The summed E-state index contributed by atoms with van der Waals surface area (Å²) in [6.07, 6.45) is 1.58. The lowest BCUT2D eigenvalue weighted by atomic mass is 9.89. The number of carbonyl (C=O) groups is 2. The minimum atomic E-state index is -0.745. The maximum atomic E-state index is 12.6. The number of para-hydroxylation sites is 1. The van der Waals surface area contributed by atoms with E-state index in [1.165, 1.54) is 6.07 Å². The monoisotopic (exact) mass is 474 g/mol. The molecular weight excluding hydrogens is 448 g/mol. The van der Waals surface area contributed by atoms with Crippen molar-refractivity contribution in [3.05, 3.63) is 99.6 Å². The van der Waals surface area contributed by atoms with Gasteiger partial charge in [0.25, 0.3) is 6.47 Å². The fourth-order valence-corrected chi connectivity index (χ4v) is 4.38. The molecule has 8 nitrogen and oxygen atoms in total. The molecule has 1 N–H and O–H groups in total. The highest BCUT2D eigenvalue weighted by Crippen LogP contribution is 2.41. The third kappa shape index (κ3) is 5.91. The molecule has 1 saturated heterocycles. The van der Waals surface area contributed by atoms with E-state index in [1.807, 2.05) is 6.07 Å². The van der Waals surface area contributed by atoms with Crippen molar-refractivity contribution < 1.29 is 24.0 Å². The lowest BCUT2D eigenvalue weighted by molar-refractivity contribution is -0.387. The second-order valence-electron chi connectivity index (χ2n) is 8.42. The number of hydrogen-bond acceptors (Lipinski definition) is 7. The maximum Gasteiger partial charge on any atom is 0.318 e. The number of carbonyl (C=O) groups excluding carboxylic acids is 2. The molecule has 1 unspecified atom stereocenters. The first-order valence-corrected chi connectivity index (χ1v) is 11.5. The molecule has 0 spiro atoms. The van der Waals surface area contributed by atoms with Gasteiger partial charge in [-0.15, -0.1) is 0 Å². The Morgan fingerprint density at radius 2 is 1.69 bits per heavy atom. The topological polar surface area (TPSA) is 108 Å². The Hall–Kier alpha value is -4.04. The predicted octanol–water partition coefficient (Wildman–Crippen LogP) is 5.22. The van der Waals surface area contributed by atoms with E-state index in [0.717, 1.165) is 25.9 Å². The van der Waals surface area contributed by atoms with Crippen molar-refractivity contribution in [3.63, 3.8) is 0 Å². The van der Waals surface area contributed by atoms with Crippen molar-refractivity contribution in [1.29, 1.82) is 0 Å². The number of rotatable bonds is 10. The summed E-state index contributed by atoms with van der Waals surface area (Å²) in [6, 6.07) is 20.1. The van der Waals surface area contributed by atoms with Gasteiger partial charge in [0.15, 0.2) is 5.78 Å².